The second-order valence-corrected chi connectivity index (χ2v) is 6.88. The summed E-state index contributed by atoms with van der Waals surface area (Å²) in [5, 5.41) is 2.67. The first-order valence-electron chi connectivity index (χ1n) is 7.83. The molecule has 0 bridgehead atoms. The van der Waals surface area contributed by atoms with E-state index in [4.69, 9.17) is 5.73 Å². The number of hydrogen-bond donors (Lipinski definition) is 1. The van der Waals surface area contributed by atoms with Crippen LogP contribution in [0.1, 0.15) is 18.4 Å². The van der Waals surface area contributed by atoms with Crippen molar-refractivity contribution in [3.05, 3.63) is 48.0 Å². The number of rotatable bonds is 6. The molecule has 3 nitrogen and oxygen atoms in total. The molecule has 0 spiro atoms. The minimum atomic E-state index is 0.632. The van der Waals surface area contributed by atoms with Crippen LogP contribution in [0, 0.1) is 0 Å². The van der Waals surface area contributed by atoms with Gasteiger partial charge in [-0.1, -0.05) is 42.5 Å². The van der Waals surface area contributed by atoms with Crippen LogP contribution in [-0.4, -0.2) is 36.2 Å². The molecule has 1 aliphatic rings. The van der Waals surface area contributed by atoms with Crippen molar-refractivity contribution in [3.63, 3.8) is 0 Å². The number of aliphatic imine (C=N–C) groups is 1. The van der Waals surface area contributed by atoms with Gasteiger partial charge in [0.05, 0.1) is 6.54 Å². The van der Waals surface area contributed by atoms with Gasteiger partial charge in [-0.3, -0.25) is 4.99 Å². The van der Waals surface area contributed by atoms with Crippen molar-refractivity contribution >= 4 is 28.5 Å². The fraction of sp³-hybridized carbons (Fsp3) is 0.389. The minimum absolute atomic E-state index is 0.632. The zero-order chi connectivity index (χ0) is 15.4. The summed E-state index contributed by atoms with van der Waals surface area (Å²) in [6, 6.07) is 15.7. The van der Waals surface area contributed by atoms with E-state index in [1.807, 2.05) is 18.8 Å². The van der Waals surface area contributed by atoms with Gasteiger partial charge in [-0.2, -0.15) is 11.8 Å². The fourth-order valence-corrected chi connectivity index (χ4v) is 3.42. The van der Waals surface area contributed by atoms with Crippen molar-refractivity contribution in [2.24, 2.45) is 10.7 Å². The van der Waals surface area contributed by atoms with Crippen LogP contribution in [0.15, 0.2) is 47.5 Å². The maximum atomic E-state index is 5.99. The zero-order valence-corrected chi connectivity index (χ0v) is 13.9. The third-order valence-electron chi connectivity index (χ3n) is 4.10. The molecule has 116 valence electrons. The second-order valence-electron chi connectivity index (χ2n) is 5.77. The quantitative estimate of drug-likeness (QED) is 0.504. The lowest BCUT2D eigenvalue weighted by molar-refractivity contribution is 0.488. The van der Waals surface area contributed by atoms with E-state index < -0.39 is 0 Å². The number of nitrogens with two attached hydrogens (primary N) is 1. The Morgan fingerprint density at radius 3 is 2.82 bits per heavy atom. The van der Waals surface area contributed by atoms with Crippen LogP contribution in [0.3, 0.4) is 0 Å². The van der Waals surface area contributed by atoms with E-state index in [2.05, 4.69) is 52.4 Å². The maximum Gasteiger partial charge on any atom is 0.191 e. The zero-order valence-electron chi connectivity index (χ0n) is 13.0. The van der Waals surface area contributed by atoms with Gasteiger partial charge in [0.1, 0.15) is 0 Å². The summed E-state index contributed by atoms with van der Waals surface area (Å²) in [5.41, 5.74) is 7.39. The Morgan fingerprint density at radius 2 is 2.00 bits per heavy atom. The largest absolute Gasteiger partial charge is 0.370 e. The molecule has 0 radical (unpaired) electrons. The third kappa shape index (κ3) is 3.74. The summed E-state index contributed by atoms with van der Waals surface area (Å²) in [5.74, 6) is 2.71. The topological polar surface area (TPSA) is 41.6 Å². The van der Waals surface area contributed by atoms with Crippen LogP contribution in [0.5, 0.6) is 0 Å². The number of benzene rings is 2. The average Bonchev–Trinajstić information content (AvgIpc) is 3.38. The van der Waals surface area contributed by atoms with E-state index in [9.17, 15) is 0 Å². The molecule has 3 rings (SSSR count). The molecule has 1 saturated carbocycles. The summed E-state index contributed by atoms with van der Waals surface area (Å²) in [6.07, 6.45) is 2.51. The SMILES string of the molecule is CN(C(N)=NCCSCc1cccc2ccccc12)C1CC1. The highest BCUT2D eigenvalue weighted by atomic mass is 32.2. The third-order valence-corrected chi connectivity index (χ3v) is 5.09. The van der Waals surface area contributed by atoms with Gasteiger partial charge in [0.25, 0.3) is 0 Å². The monoisotopic (exact) mass is 313 g/mol. The van der Waals surface area contributed by atoms with Gasteiger partial charge < -0.3 is 10.6 Å². The number of nitrogens with zero attached hydrogens (tertiary/aromatic N) is 2. The molecule has 0 atom stereocenters. The molecule has 1 fully saturated rings. The average molecular weight is 313 g/mol. The van der Waals surface area contributed by atoms with Crippen LogP contribution < -0.4 is 5.73 Å². The maximum absolute atomic E-state index is 5.99. The van der Waals surface area contributed by atoms with Crippen molar-refractivity contribution in [2.75, 3.05) is 19.3 Å². The van der Waals surface area contributed by atoms with Crippen molar-refractivity contribution in [1.82, 2.24) is 4.90 Å². The molecular weight excluding hydrogens is 290 g/mol. The Labute approximate surface area is 136 Å². The number of hydrogen-bond acceptors (Lipinski definition) is 2. The number of fused-ring (bicyclic) bond motifs is 1. The summed E-state index contributed by atoms with van der Waals surface area (Å²) >= 11 is 1.92. The van der Waals surface area contributed by atoms with E-state index in [0.29, 0.717) is 12.0 Å². The Morgan fingerprint density at radius 1 is 1.23 bits per heavy atom. The predicted molar refractivity (Wildman–Crippen MR) is 97.4 cm³/mol. The molecule has 0 unspecified atom stereocenters. The van der Waals surface area contributed by atoms with Gasteiger partial charge in [0.15, 0.2) is 5.96 Å². The normalized spacial score (nSPS) is 15.2. The van der Waals surface area contributed by atoms with Crippen molar-refractivity contribution in [2.45, 2.75) is 24.6 Å². The summed E-state index contributed by atoms with van der Waals surface area (Å²) in [6.45, 7) is 0.790. The molecule has 22 heavy (non-hydrogen) atoms. The van der Waals surface area contributed by atoms with Gasteiger partial charge in [0, 0.05) is 24.6 Å². The predicted octanol–water partition coefficient (Wildman–Crippen LogP) is 3.48. The molecule has 0 aliphatic heterocycles. The van der Waals surface area contributed by atoms with E-state index in [0.717, 1.165) is 18.1 Å². The summed E-state index contributed by atoms with van der Waals surface area (Å²) in [4.78, 5) is 6.58. The van der Waals surface area contributed by atoms with Crippen LogP contribution in [0.4, 0.5) is 0 Å². The molecule has 0 amide bonds. The van der Waals surface area contributed by atoms with Gasteiger partial charge in [0.2, 0.25) is 0 Å². The van der Waals surface area contributed by atoms with Gasteiger partial charge in [-0.15, -0.1) is 0 Å². The van der Waals surface area contributed by atoms with E-state index >= 15 is 0 Å². The Kier molecular flexibility index (Phi) is 4.88. The summed E-state index contributed by atoms with van der Waals surface area (Å²) in [7, 11) is 2.04. The van der Waals surface area contributed by atoms with E-state index in [-0.39, 0.29) is 0 Å². The Balaban J connectivity index is 1.49. The smallest absolute Gasteiger partial charge is 0.191 e. The fourth-order valence-electron chi connectivity index (χ4n) is 2.59. The first-order valence-corrected chi connectivity index (χ1v) is 8.98. The van der Waals surface area contributed by atoms with Crippen LogP contribution in [0.25, 0.3) is 10.8 Å². The molecule has 2 aromatic carbocycles. The molecule has 0 heterocycles. The molecule has 2 aromatic rings. The number of thioether (sulfide) groups is 1. The van der Waals surface area contributed by atoms with Crippen molar-refractivity contribution in [1.29, 1.82) is 0 Å². The number of guanidine groups is 1. The lowest BCUT2D eigenvalue weighted by Gasteiger charge is -2.16. The first-order chi connectivity index (χ1) is 10.8. The molecule has 1 aliphatic carbocycles. The van der Waals surface area contributed by atoms with Gasteiger partial charge in [-0.05, 0) is 29.2 Å². The molecule has 4 heteroatoms. The standard InChI is InChI=1S/C18H23N3S/c1-21(16-9-10-16)18(19)20-11-12-22-13-15-7-4-6-14-5-2-3-8-17(14)15/h2-8,16H,9-13H2,1H3,(H2,19,20). The van der Waals surface area contributed by atoms with Crippen molar-refractivity contribution in [3.8, 4) is 0 Å². The van der Waals surface area contributed by atoms with E-state index in [1.165, 1.54) is 29.2 Å². The molecule has 0 aromatic heterocycles. The van der Waals surface area contributed by atoms with Crippen molar-refractivity contribution < 1.29 is 0 Å². The molecular formula is C18H23N3S. The molecule has 0 saturated heterocycles. The van der Waals surface area contributed by atoms with Crippen LogP contribution >= 0.6 is 11.8 Å². The Hall–Kier alpha value is -1.68. The Bertz CT molecular complexity index is 659. The highest BCUT2D eigenvalue weighted by Crippen LogP contribution is 2.25. The van der Waals surface area contributed by atoms with E-state index in [1.54, 1.807) is 0 Å². The van der Waals surface area contributed by atoms with Crippen LogP contribution in [-0.2, 0) is 5.75 Å². The second kappa shape index (κ2) is 7.05. The minimum Gasteiger partial charge on any atom is -0.370 e. The van der Waals surface area contributed by atoms with Crippen LogP contribution in [0.2, 0.25) is 0 Å². The van der Waals surface area contributed by atoms with Gasteiger partial charge in [-0.25, -0.2) is 0 Å². The summed E-state index contributed by atoms with van der Waals surface area (Å²) < 4.78 is 0. The first kappa shape index (κ1) is 15.2. The highest BCUT2D eigenvalue weighted by Gasteiger charge is 2.27. The lowest BCUT2D eigenvalue weighted by Crippen LogP contribution is -2.35. The van der Waals surface area contributed by atoms with Gasteiger partial charge >= 0.3 is 0 Å². The highest BCUT2D eigenvalue weighted by molar-refractivity contribution is 7.98. The molecule has 2 N–H and O–H groups in total. The lowest BCUT2D eigenvalue weighted by atomic mass is 10.1.